The standard InChI is InChI=1S/C15H12ClNO/c1-11-6-7-12(10-17)8-15(11)18-14-5-3-2-4-13(14)9-16/h2-8H,9H2,1H3. The van der Waals surface area contributed by atoms with E-state index in [1.165, 1.54) is 0 Å². The van der Waals surface area contributed by atoms with Gasteiger partial charge in [-0.15, -0.1) is 11.6 Å². The van der Waals surface area contributed by atoms with Crippen molar-refractivity contribution in [1.82, 2.24) is 0 Å². The highest BCUT2D eigenvalue weighted by molar-refractivity contribution is 6.17. The smallest absolute Gasteiger partial charge is 0.131 e. The summed E-state index contributed by atoms with van der Waals surface area (Å²) in [6, 6.07) is 15.1. The van der Waals surface area contributed by atoms with Gasteiger partial charge in [-0.2, -0.15) is 5.26 Å². The third kappa shape index (κ3) is 2.64. The molecule has 0 aliphatic carbocycles. The molecule has 0 amide bonds. The predicted octanol–water partition coefficient (Wildman–Crippen LogP) is 4.40. The first-order chi connectivity index (χ1) is 8.74. The summed E-state index contributed by atoms with van der Waals surface area (Å²) in [6.07, 6.45) is 0. The third-order valence-corrected chi connectivity index (χ3v) is 2.94. The SMILES string of the molecule is Cc1ccc(C#N)cc1Oc1ccccc1CCl. The monoisotopic (exact) mass is 257 g/mol. The lowest BCUT2D eigenvalue weighted by molar-refractivity contribution is 0.474. The van der Waals surface area contributed by atoms with Crippen molar-refractivity contribution in [2.24, 2.45) is 0 Å². The Morgan fingerprint density at radius 2 is 1.94 bits per heavy atom. The van der Waals surface area contributed by atoms with Crippen LogP contribution in [0.3, 0.4) is 0 Å². The number of alkyl halides is 1. The van der Waals surface area contributed by atoms with Gasteiger partial charge in [0.1, 0.15) is 11.5 Å². The first kappa shape index (κ1) is 12.5. The minimum absolute atomic E-state index is 0.396. The zero-order chi connectivity index (χ0) is 13.0. The highest BCUT2D eigenvalue weighted by atomic mass is 35.5. The van der Waals surface area contributed by atoms with Gasteiger partial charge in [-0.3, -0.25) is 0 Å². The zero-order valence-corrected chi connectivity index (χ0v) is 10.7. The molecule has 0 aromatic heterocycles. The number of hydrogen-bond acceptors (Lipinski definition) is 2. The Morgan fingerprint density at radius 1 is 1.17 bits per heavy atom. The average Bonchev–Trinajstić information content (AvgIpc) is 2.42. The summed E-state index contributed by atoms with van der Waals surface area (Å²) in [5.41, 5.74) is 2.50. The molecule has 18 heavy (non-hydrogen) atoms. The Labute approximate surface area is 111 Å². The summed E-state index contributed by atoms with van der Waals surface area (Å²) in [5.74, 6) is 1.81. The van der Waals surface area contributed by atoms with Crippen molar-refractivity contribution in [1.29, 1.82) is 5.26 Å². The number of para-hydroxylation sites is 1. The van der Waals surface area contributed by atoms with Crippen LogP contribution in [-0.4, -0.2) is 0 Å². The highest BCUT2D eigenvalue weighted by Gasteiger charge is 2.06. The number of nitrogens with zero attached hydrogens (tertiary/aromatic N) is 1. The van der Waals surface area contributed by atoms with Gasteiger partial charge in [0.05, 0.1) is 17.5 Å². The Bertz CT molecular complexity index is 602. The van der Waals surface area contributed by atoms with Crippen LogP contribution in [0.15, 0.2) is 42.5 Å². The molecule has 2 aromatic rings. The molecule has 2 nitrogen and oxygen atoms in total. The van der Waals surface area contributed by atoms with Crippen LogP contribution >= 0.6 is 11.6 Å². The van der Waals surface area contributed by atoms with E-state index in [9.17, 15) is 0 Å². The van der Waals surface area contributed by atoms with Gasteiger partial charge in [0, 0.05) is 5.56 Å². The number of ether oxygens (including phenoxy) is 1. The number of rotatable bonds is 3. The Kier molecular flexibility index (Phi) is 3.86. The van der Waals surface area contributed by atoms with Crippen LogP contribution in [0, 0.1) is 18.3 Å². The van der Waals surface area contributed by atoms with Gasteiger partial charge in [0.15, 0.2) is 0 Å². The van der Waals surface area contributed by atoms with E-state index in [-0.39, 0.29) is 0 Å². The lowest BCUT2D eigenvalue weighted by Crippen LogP contribution is -1.92. The fourth-order valence-corrected chi connectivity index (χ4v) is 1.83. The van der Waals surface area contributed by atoms with E-state index in [2.05, 4.69) is 6.07 Å². The topological polar surface area (TPSA) is 33.0 Å². The van der Waals surface area contributed by atoms with Crippen molar-refractivity contribution in [2.45, 2.75) is 12.8 Å². The summed E-state index contributed by atoms with van der Waals surface area (Å²) in [6.45, 7) is 1.94. The molecule has 0 N–H and O–H groups in total. The summed E-state index contributed by atoms with van der Waals surface area (Å²) < 4.78 is 5.84. The normalized spacial score (nSPS) is 9.83. The molecule has 0 radical (unpaired) electrons. The van der Waals surface area contributed by atoms with Gasteiger partial charge in [-0.25, -0.2) is 0 Å². The van der Waals surface area contributed by atoms with E-state index >= 15 is 0 Å². The summed E-state index contributed by atoms with van der Waals surface area (Å²) in [5, 5.41) is 8.89. The Hall–Kier alpha value is -1.98. The van der Waals surface area contributed by atoms with Gasteiger partial charge < -0.3 is 4.74 Å². The molecule has 0 bridgehead atoms. The maximum Gasteiger partial charge on any atom is 0.131 e. The largest absolute Gasteiger partial charge is 0.457 e. The predicted molar refractivity (Wildman–Crippen MR) is 72.0 cm³/mol. The molecule has 0 fully saturated rings. The van der Waals surface area contributed by atoms with Gasteiger partial charge in [-0.05, 0) is 30.7 Å². The average molecular weight is 258 g/mol. The molecule has 0 heterocycles. The summed E-state index contributed by atoms with van der Waals surface area (Å²) in [4.78, 5) is 0. The minimum Gasteiger partial charge on any atom is -0.457 e. The van der Waals surface area contributed by atoms with Crippen LogP contribution in [0.25, 0.3) is 0 Å². The minimum atomic E-state index is 0.396. The Morgan fingerprint density at radius 3 is 2.67 bits per heavy atom. The van der Waals surface area contributed by atoms with Crippen LogP contribution in [0.5, 0.6) is 11.5 Å². The molecule has 0 saturated heterocycles. The van der Waals surface area contributed by atoms with Crippen LogP contribution in [0.2, 0.25) is 0 Å². The number of halogens is 1. The van der Waals surface area contributed by atoms with Crippen LogP contribution in [0.4, 0.5) is 0 Å². The molecule has 0 atom stereocenters. The molecule has 3 heteroatoms. The van der Waals surface area contributed by atoms with E-state index in [1.54, 1.807) is 12.1 Å². The number of benzene rings is 2. The molecular weight excluding hydrogens is 246 g/mol. The lowest BCUT2D eigenvalue weighted by Gasteiger charge is -2.11. The van der Waals surface area contributed by atoms with Crippen molar-refractivity contribution in [2.75, 3.05) is 0 Å². The molecular formula is C15H12ClNO. The second-order valence-electron chi connectivity index (χ2n) is 3.94. The van der Waals surface area contributed by atoms with Gasteiger partial charge >= 0.3 is 0 Å². The quantitative estimate of drug-likeness (QED) is 0.764. The van der Waals surface area contributed by atoms with Crippen molar-refractivity contribution in [3.05, 3.63) is 59.2 Å². The van der Waals surface area contributed by atoms with E-state index in [0.29, 0.717) is 17.2 Å². The molecule has 90 valence electrons. The third-order valence-electron chi connectivity index (χ3n) is 2.65. The fourth-order valence-electron chi connectivity index (χ4n) is 1.61. The van der Waals surface area contributed by atoms with Gasteiger partial charge in [0.2, 0.25) is 0 Å². The van der Waals surface area contributed by atoms with Crippen molar-refractivity contribution in [3.63, 3.8) is 0 Å². The van der Waals surface area contributed by atoms with Gasteiger partial charge in [0.25, 0.3) is 0 Å². The second kappa shape index (κ2) is 5.57. The molecule has 0 aliphatic heterocycles. The molecule has 0 saturated carbocycles. The summed E-state index contributed by atoms with van der Waals surface area (Å²) >= 11 is 5.86. The highest BCUT2D eigenvalue weighted by Crippen LogP contribution is 2.29. The molecule has 0 spiro atoms. The fraction of sp³-hybridized carbons (Fsp3) is 0.133. The van der Waals surface area contributed by atoms with Crippen LogP contribution < -0.4 is 4.74 Å². The molecule has 0 unspecified atom stereocenters. The number of hydrogen-bond donors (Lipinski definition) is 0. The first-order valence-electron chi connectivity index (χ1n) is 5.57. The number of nitriles is 1. The second-order valence-corrected chi connectivity index (χ2v) is 4.20. The maximum atomic E-state index is 8.89. The van der Waals surface area contributed by atoms with Gasteiger partial charge in [-0.1, -0.05) is 24.3 Å². The maximum absolute atomic E-state index is 8.89. The number of aryl methyl sites for hydroxylation is 1. The van der Waals surface area contributed by atoms with E-state index < -0.39 is 0 Å². The van der Waals surface area contributed by atoms with Crippen molar-refractivity contribution < 1.29 is 4.74 Å². The van der Waals surface area contributed by atoms with E-state index in [0.717, 1.165) is 16.9 Å². The van der Waals surface area contributed by atoms with Crippen LogP contribution in [0.1, 0.15) is 16.7 Å². The zero-order valence-electron chi connectivity index (χ0n) is 9.98. The van der Waals surface area contributed by atoms with E-state index in [1.807, 2.05) is 37.3 Å². The van der Waals surface area contributed by atoms with Crippen molar-refractivity contribution >= 4 is 11.6 Å². The molecule has 0 aliphatic rings. The Balaban J connectivity index is 2.37. The van der Waals surface area contributed by atoms with E-state index in [4.69, 9.17) is 21.6 Å². The molecule has 2 aromatic carbocycles. The van der Waals surface area contributed by atoms with Crippen molar-refractivity contribution in [3.8, 4) is 17.6 Å². The molecule has 2 rings (SSSR count). The summed E-state index contributed by atoms with van der Waals surface area (Å²) in [7, 11) is 0. The lowest BCUT2D eigenvalue weighted by atomic mass is 10.1. The van der Waals surface area contributed by atoms with Crippen LogP contribution in [-0.2, 0) is 5.88 Å². The first-order valence-corrected chi connectivity index (χ1v) is 6.10.